The first kappa shape index (κ1) is 14.6. The number of hydrogen-bond acceptors (Lipinski definition) is 4. The highest BCUT2D eigenvalue weighted by molar-refractivity contribution is 5.92. The van der Waals surface area contributed by atoms with E-state index in [1.807, 2.05) is 25.1 Å². The normalized spacial score (nSPS) is 11.0. The molecule has 0 unspecified atom stereocenters. The molecule has 0 aliphatic rings. The highest BCUT2D eigenvalue weighted by atomic mass is 16.4. The van der Waals surface area contributed by atoms with Gasteiger partial charge in [-0.15, -0.1) is 0 Å². The van der Waals surface area contributed by atoms with Crippen molar-refractivity contribution in [2.75, 3.05) is 0 Å². The second kappa shape index (κ2) is 5.82. The molecule has 0 radical (unpaired) electrons. The van der Waals surface area contributed by atoms with Crippen LogP contribution in [0.2, 0.25) is 0 Å². The Balaban J connectivity index is 2.27. The molecule has 0 aliphatic carbocycles. The van der Waals surface area contributed by atoms with Crippen LogP contribution >= 0.6 is 0 Å². The van der Waals surface area contributed by atoms with E-state index in [0.29, 0.717) is 22.1 Å². The molecule has 0 saturated heterocycles. The molecule has 23 heavy (non-hydrogen) atoms. The number of nitrogens with zero attached hydrogens (tertiary/aromatic N) is 1. The summed E-state index contributed by atoms with van der Waals surface area (Å²) in [5, 5.41) is 19.8. The Morgan fingerprint density at radius 2 is 1.96 bits per heavy atom. The topological polar surface area (TPSA) is 74.2 Å². The third-order valence-electron chi connectivity index (χ3n) is 3.58. The summed E-state index contributed by atoms with van der Waals surface area (Å²) in [6.07, 6.45) is 3.33. The average Bonchev–Trinajstić information content (AvgIpc) is 2.54. The van der Waals surface area contributed by atoms with Crippen molar-refractivity contribution in [1.29, 1.82) is 5.26 Å². The molecule has 4 nitrogen and oxygen atoms in total. The fourth-order valence-electron chi connectivity index (χ4n) is 2.42. The molecule has 0 amide bonds. The van der Waals surface area contributed by atoms with Gasteiger partial charge in [-0.1, -0.05) is 42.0 Å². The minimum atomic E-state index is -0.666. The number of phenols is 1. The summed E-state index contributed by atoms with van der Waals surface area (Å²) in [6, 6.07) is 14.2. The maximum Gasteiger partial charge on any atom is 0.354 e. The summed E-state index contributed by atoms with van der Waals surface area (Å²) in [5.74, 6) is 0.130. The number of aryl methyl sites for hydroxylation is 1. The lowest BCUT2D eigenvalue weighted by Gasteiger charge is -2.05. The molecule has 4 heteroatoms. The van der Waals surface area contributed by atoms with Gasteiger partial charge in [0.05, 0.1) is 0 Å². The zero-order chi connectivity index (χ0) is 16.4. The van der Waals surface area contributed by atoms with Crippen molar-refractivity contribution in [1.82, 2.24) is 0 Å². The van der Waals surface area contributed by atoms with Crippen LogP contribution in [-0.4, -0.2) is 5.11 Å². The predicted octanol–water partition coefficient (Wildman–Crippen LogP) is 3.85. The third-order valence-corrected chi connectivity index (χ3v) is 3.58. The van der Waals surface area contributed by atoms with E-state index in [0.717, 1.165) is 5.56 Å². The first-order chi connectivity index (χ1) is 11.1. The first-order valence-corrected chi connectivity index (χ1v) is 7.04. The van der Waals surface area contributed by atoms with Gasteiger partial charge in [0.25, 0.3) is 0 Å². The molecule has 112 valence electrons. The van der Waals surface area contributed by atoms with Gasteiger partial charge in [0, 0.05) is 16.5 Å². The van der Waals surface area contributed by atoms with E-state index in [4.69, 9.17) is 4.42 Å². The summed E-state index contributed by atoms with van der Waals surface area (Å²) in [4.78, 5) is 12.0. The summed E-state index contributed by atoms with van der Waals surface area (Å²) in [7, 11) is 0. The zero-order valence-electron chi connectivity index (χ0n) is 12.4. The molecule has 3 rings (SSSR count). The number of nitriles is 1. The summed E-state index contributed by atoms with van der Waals surface area (Å²) >= 11 is 0. The van der Waals surface area contributed by atoms with Gasteiger partial charge in [-0.3, -0.25) is 0 Å². The van der Waals surface area contributed by atoms with Crippen LogP contribution in [0.4, 0.5) is 0 Å². The summed E-state index contributed by atoms with van der Waals surface area (Å²) in [6.45, 7) is 1.92. The number of benzene rings is 2. The molecule has 0 bridgehead atoms. The van der Waals surface area contributed by atoms with Gasteiger partial charge in [0.15, 0.2) is 0 Å². The van der Waals surface area contributed by atoms with Gasteiger partial charge in [-0.2, -0.15) is 5.26 Å². The first-order valence-electron chi connectivity index (χ1n) is 7.04. The second-order valence-electron chi connectivity index (χ2n) is 5.18. The van der Waals surface area contributed by atoms with Crippen LogP contribution in [0, 0.1) is 18.3 Å². The zero-order valence-corrected chi connectivity index (χ0v) is 12.4. The Labute approximate surface area is 132 Å². The van der Waals surface area contributed by atoms with Crippen LogP contribution in [0.15, 0.2) is 51.7 Å². The fourth-order valence-corrected chi connectivity index (χ4v) is 2.42. The monoisotopic (exact) mass is 303 g/mol. The van der Waals surface area contributed by atoms with Crippen LogP contribution in [-0.2, 0) is 0 Å². The third kappa shape index (κ3) is 2.72. The van der Waals surface area contributed by atoms with Crippen LogP contribution in [0.1, 0.15) is 22.3 Å². The van der Waals surface area contributed by atoms with E-state index >= 15 is 0 Å². The van der Waals surface area contributed by atoms with E-state index in [-0.39, 0.29) is 11.3 Å². The highest BCUT2D eigenvalue weighted by Crippen LogP contribution is 2.25. The lowest BCUT2D eigenvalue weighted by Crippen LogP contribution is -2.06. The Hall–Kier alpha value is -3.32. The molecule has 0 fully saturated rings. The molecule has 1 N–H and O–H groups in total. The van der Waals surface area contributed by atoms with E-state index in [9.17, 15) is 15.2 Å². The van der Waals surface area contributed by atoms with E-state index in [1.165, 1.54) is 0 Å². The van der Waals surface area contributed by atoms with Gasteiger partial charge in [-0.25, -0.2) is 4.79 Å². The standard InChI is InChI=1S/C19H13NO3/c1-12-6-9-18-15(10-12)14(16(11-20)19(22)23-18)8-7-13-4-2-3-5-17(13)21/h2-10,21H,1H3/b8-7-. The Morgan fingerprint density at radius 1 is 1.17 bits per heavy atom. The van der Waals surface area contributed by atoms with Crippen LogP contribution < -0.4 is 5.63 Å². The van der Waals surface area contributed by atoms with Crippen molar-refractivity contribution in [2.24, 2.45) is 0 Å². The van der Waals surface area contributed by atoms with Crippen molar-refractivity contribution in [3.63, 3.8) is 0 Å². The molecule has 2 aromatic carbocycles. The molecule has 0 aliphatic heterocycles. The van der Waals surface area contributed by atoms with Crippen LogP contribution in [0.25, 0.3) is 23.1 Å². The Bertz CT molecular complexity index is 1020. The summed E-state index contributed by atoms with van der Waals surface area (Å²) in [5.41, 5.74) is 1.80. The lowest BCUT2D eigenvalue weighted by atomic mass is 10.0. The van der Waals surface area contributed by atoms with Crippen molar-refractivity contribution in [3.05, 3.63) is 75.1 Å². The minimum Gasteiger partial charge on any atom is -0.507 e. The van der Waals surface area contributed by atoms with E-state index in [1.54, 1.807) is 42.5 Å². The average molecular weight is 303 g/mol. The van der Waals surface area contributed by atoms with Gasteiger partial charge in [-0.05, 0) is 25.1 Å². The summed E-state index contributed by atoms with van der Waals surface area (Å²) < 4.78 is 5.19. The van der Waals surface area contributed by atoms with Crippen molar-refractivity contribution >= 4 is 23.1 Å². The molecule has 0 spiro atoms. The number of rotatable bonds is 2. The second-order valence-corrected chi connectivity index (χ2v) is 5.18. The maximum absolute atomic E-state index is 12.0. The minimum absolute atomic E-state index is 0.0465. The molecule has 3 aromatic rings. The number of hydrogen-bond donors (Lipinski definition) is 1. The fraction of sp³-hybridized carbons (Fsp3) is 0.0526. The molecular formula is C19H13NO3. The van der Waals surface area contributed by atoms with E-state index < -0.39 is 5.63 Å². The van der Waals surface area contributed by atoms with Crippen LogP contribution in [0.5, 0.6) is 5.75 Å². The maximum atomic E-state index is 12.0. The smallest absolute Gasteiger partial charge is 0.354 e. The van der Waals surface area contributed by atoms with Crippen molar-refractivity contribution in [3.8, 4) is 11.8 Å². The van der Waals surface area contributed by atoms with Crippen LogP contribution in [0.3, 0.4) is 0 Å². The molecule has 0 atom stereocenters. The molecule has 1 aromatic heterocycles. The highest BCUT2D eigenvalue weighted by Gasteiger charge is 2.12. The molecule has 1 heterocycles. The van der Waals surface area contributed by atoms with Gasteiger partial charge >= 0.3 is 5.63 Å². The number of aromatic hydroxyl groups is 1. The Morgan fingerprint density at radius 3 is 2.70 bits per heavy atom. The van der Waals surface area contributed by atoms with Gasteiger partial charge < -0.3 is 9.52 Å². The van der Waals surface area contributed by atoms with Gasteiger partial charge in [0.1, 0.15) is 23.0 Å². The molecular weight excluding hydrogens is 290 g/mol. The number of fused-ring (bicyclic) bond motifs is 1. The van der Waals surface area contributed by atoms with Crippen molar-refractivity contribution < 1.29 is 9.52 Å². The lowest BCUT2D eigenvalue weighted by molar-refractivity contribution is 0.474. The van der Waals surface area contributed by atoms with Gasteiger partial charge in [0.2, 0.25) is 0 Å². The number of phenolic OH excluding ortho intramolecular Hbond substituents is 1. The molecule has 0 saturated carbocycles. The van der Waals surface area contributed by atoms with E-state index in [2.05, 4.69) is 0 Å². The van der Waals surface area contributed by atoms with Crippen molar-refractivity contribution in [2.45, 2.75) is 6.92 Å². The SMILES string of the molecule is Cc1ccc2oc(=O)c(C#N)c(/C=C\c3ccccc3O)c2c1. The predicted molar refractivity (Wildman–Crippen MR) is 89.0 cm³/mol. The quantitative estimate of drug-likeness (QED) is 0.730. The largest absolute Gasteiger partial charge is 0.507 e. The Kier molecular flexibility index (Phi) is 3.70. The number of para-hydroxylation sites is 1.